The molecule has 4 aromatic heterocycles. The molecular formula is C55H36N6S. The molecule has 9 aromatic rings. The third-order valence-electron chi connectivity index (χ3n) is 12.3. The molecule has 7 heteroatoms. The molecule has 0 unspecified atom stereocenters. The monoisotopic (exact) mass is 812 g/mol. The van der Waals surface area contributed by atoms with E-state index in [-0.39, 0.29) is 0 Å². The van der Waals surface area contributed by atoms with Crippen LogP contribution in [0.1, 0.15) is 40.9 Å². The van der Waals surface area contributed by atoms with Crippen LogP contribution in [0.5, 0.6) is 0 Å². The summed E-state index contributed by atoms with van der Waals surface area (Å²) in [7, 11) is 0. The van der Waals surface area contributed by atoms with Gasteiger partial charge in [-0.2, -0.15) is 0 Å². The molecule has 62 heavy (non-hydrogen) atoms. The Bertz CT molecular complexity index is 3170. The normalized spacial score (nSPS) is 14.1. The van der Waals surface area contributed by atoms with E-state index in [9.17, 15) is 0 Å². The van der Waals surface area contributed by atoms with Crippen LogP contribution in [-0.4, -0.2) is 29.9 Å². The minimum Gasteiger partial charge on any atom is -0.265 e. The predicted molar refractivity (Wildman–Crippen MR) is 248 cm³/mol. The van der Waals surface area contributed by atoms with Gasteiger partial charge in [0, 0.05) is 56.8 Å². The topological polar surface area (TPSA) is 77.3 Å². The molecule has 1 aliphatic heterocycles. The fourth-order valence-corrected chi connectivity index (χ4v) is 11.0. The Balaban J connectivity index is 1.15. The smallest absolute Gasteiger partial charge is 0.165 e. The van der Waals surface area contributed by atoms with E-state index in [1.54, 1.807) is 0 Å². The maximum Gasteiger partial charge on any atom is 0.165 e. The molecule has 12 rings (SSSR count). The molecule has 0 bridgehead atoms. The first-order valence-corrected chi connectivity index (χ1v) is 21.7. The molecule has 1 spiro atoms. The van der Waals surface area contributed by atoms with Crippen LogP contribution >= 0.6 is 11.8 Å². The van der Waals surface area contributed by atoms with Crippen molar-refractivity contribution in [3.63, 3.8) is 0 Å². The van der Waals surface area contributed by atoms with Crippen molar-refractivity contribution in [2.24, 2.45) is 0 Å². The number of fused-ring (bicyclic) bond motifs is 9. The third kappa shape index (κ3) is 5.80. The summed E-state index contributed by atoms with van der Waals surface area (Å²) in [5, 5.41) is 0. The minimum absolute atomic E-state index is 0.626. The third-order valence-corrected chi connectivity index (χ3v) is 13.6. The fourth-order valence-electron chi connectivity index (χ4n) is 9.52. The van der Waals surface area contributed by atoms with Crippen molar-refractivity contribution >= 4 is 17.3 Å². The van der Waals surface area contributed by atoms with Gasteiger partial charge in [-0.25, -0.2) is 19.9 Å². The Kier molecular flexibility index (Phi) is 8.68. The molecule has 0 atom stereocenters. The van der Waals surface area contributed by atoms with Gasteiger partial charge in [0.25, 0.3) is 0 Å². The summed E-state index contributed by atoms with van der Waals surface area (Å²) in [6, 6.07) is 54.2. The lowest BCUT2D eigenvalue weighted by Gasteiger charge is -2.41. The van der Waals surface area contributed by atoms with Gasteiger partial charge in [-0.15, -0.1) is 0 Å². The average Bonchev–Trinajstić information content (AvgIpc) is 3.65. The van der Waals surface area contributed by atoms with Crippen molar-refractivity contribution in [3.8, 4) is 67.5 Å². The van der Waals surface area contributed by atoms with Gasteiger partial charge >= 0.3 is 0 Å². The van der Waals surface area contributed by atoms with Crippen molar-refractivity contribution < 1.29 is 0 Å². The lowest BCUT2D eigenvalue weighted by Crippen LogP contribution is -2.32. The van der Waals surface area contributed by atoms with Crippen molar-refractivity contribution in [1.82, 2.24) is 29.9 Å². The van der Waals surface area contributed by atoms with Gasteiger partial charge in [0.05, 0.1) is 16.8 Å². The zero-order chi connectivity index (χ0) is 41.0. The minimum atomic E-state index is -0.626. The molecule has 0 radical (unpaired) electrons. The summed E-state index contributed by atoms with van der Waals surface area (Å²) in [5.41, 5.74) is 15.9. The molecule has 5 heterocycles. The van der Waals surface area contributed by atoms with Gasteiger partial charge in [0.2, 0.25) is 0 Å². The molecule has 0 amide bonds. The first kappa shape index (κ1) is 36.3. The van der Waals surface area contributed by atoms with E-state index in [1.807, 2.05) is 79.0 Å². The lowest BCUT2D eigenvalue weighted by molar-refractivity contribution is 0.723. The summed E-state index contributed by atoms with van der Waals surface area (Å²) < 4.78 is 0. The van der Waals surface area contributed by atoms with Crippen LogP contribution < -0.4 is 0 Å². The Morgan fingerprint density at radius 3 is 1.58 bits per heavy atom. The highest BCUT2D eigenvalue weighted by Gasteiger charge is 2.51. The number of benzene rings is 5. The largest absolute Gasteiger partial charge is 0.265 e. The van der Waals surface area contributed by atoms with Gasteiger partial charge in [-0.1, -0.05) is 145 Å². The molecule has 0 N–H and O–H groups in total. The SMILES string of the molecule is C1=CCCC(c2nc(-c3ccccc3)nc(-c3cccc4c3Sc3c(-c5cc(-c6ccncc6)nc(-c6ccncc6)c5)cccc3C43c4ccccc4-c4ccccc43)n2)=C1. The molecule has 0 saturated carbocycles. The zero-order valence-electron chi connectivity index (χ0n) is 33.5. The van der Waals surface area contributed by atoms with Crippen LogP contribution in [0.2, 0.25) is 0 Å². The van der Waals surface area contributed by atoms with Crippen molar-refractivity contribution in [2.75, 3.05) is 0 Å². The number of rotatable bonds is 6. The fraction of sp³-hybridized carbons (Fsp3) is 0.0545. The van der Waals surface area contributed by atoms with E-state index < -0.39 is 5.41 Å². The average molecular weight is 813 g/mol. The standard InChI is InChI=1S/C55H36N6S/c1-3-13-37(14-4-1)52-59-53(38-15-5-2-6-16-38)61-54(60-52)43-20-12-24-47-51(43)62-50-40(39-33-48(35-25-29-56-30-26-35)58-49(34-39)36-27-31-57-32-28-36)19-11-23-46(50)55(47)44-21-9-7-17-41(44)42-18-8-10-22-45(42)55/h1-5,7-15,17-34H,6,16H2. The van der Waals surface area contributed by atoms with E-state index in [2.05, 4.69) is 137 Å². The number of aromatic nitrogens is 6. The van der Waals surface area contributed by atoms with Crippen LogP contribution in [0.15, 0.2) is 204 Å². The molecule has 6 nitrogen and oxygen atoms in total. The van der Waals surface area contributed by atoms with Gasteiger partial charge < -0.3 is 0 Å². The van der Waals surface area contributed by atoms with Crippen molar-refractivity contribution in [2.45, 2.75) is 28.0 Å². The second-order valence-corrected chi connectivity index (χ2v) is 16.8. The quantitative estimate of drug-likeness (QED) is 0.165. The van der Waals surface area contributed by atoms with Crippen molar-refractivity contribution in [1.29, 1.82) is 0 Å². The van der Waals surface area contributed by atoms with Crippen LogP contribution in [0.3, 0.4) is 0 Å². The lowest BCUT2D eigenvalue weighted by atomic mass is 9.66. The van der Waals surface area contributed by atoms with Crippen LogP contribution in [0.4, 0.5) is 0 Å². The Labute approximate surface area is 363 Å². The zero-order valence-corrected chi connectivity index (χ0v) is 34.3. The molecule has 3 aliphatic rings. The van der Waals surface area contributed by atoms with Crippen LogP contribution in [0.25, 0.3) is 73.1 Å². The van der Waals surface area contributed by atoms with E-state index in [0.717, 1.165) is 68.1 Å². The van der Waals surface area contributed by atoms with E-state index in [4.69, 9.17) is 19.9 Å². The Morgan fingerprint density at radius 1 is 0.419 bits per heavy atom. The molecular weight excluding hydrogens is 777 g/mol. The predicted octanol–water partition coefficient (Wildman–Crippen LogP) is 13.0. The molecule has 5 aromatic carbocycles. The summed E-state index contributed by atoms with van der Waals surface area (Å²) in [6.45, 7) is 0. The second kappa shape index (κ2) is 14.8. The number of allylic oxidation sites excluding steroid dienone is 4. The van der Waals surface area contributed by atoms with E-state index >= 15 is 0 Å². The number of hydrogen-bond donors (Lipinski definition) is 0. The van der Waals surface area contributed by atoms with Gasteiger partial charge in [0.15, 0.2) is 17.5 Å². The number of nitrogens with zero attached hydrogens (tertiary/aromatic N) is 6. The number of pyridine rings is 3. The Hall–Kier alpha value is -7.61. The van der Waals surface area contributed by atoms with Gasteiger partial charge in [-0.05, 0) is 99.3 Å². The molecule has 0 saturated heterocycles. The van der Waals surface area contributed by atoms with Gasteiger partial charge in [0.1, 0.15) is 0 Å². The highest BCUT2D eigenvalue weighted by molar-refractivity contribution is 7.99. The summed E-state index contributed by atoms with van der Waals surface area (Å²) >= 11 is 1.82. The number of hydrogen-bond acceptors (Lipinski definition) is 7. The maximum atomic E-state index is 5.34. The summed E-state index contributed by atoms with van der Waals surface area (Å²) in [5.74, 6) is 2.04. The molecule has 292 valence electrons. The molecule has 2 aliphatic carbocycles. The van der Waals surface area contributed by atoms with Gasteiger partial charge in [-0.3, -0.25) is 9.97 Å². The second-order valence-electron chi connectivity index (χ2n) is 15.7. The van der Waals surface area contributed by atoms with E-state index in [1.165, 1.54) is 38.3 Å². The maximum absolute atomic E-state index is 5.34. The van der Waals surface area contributed by atoms with Crippen LogP contribution in [0, 0.1) is 0 Å². The Morgan fingerprint density at radius 2 is 0.952 bits per heavy atom. The van der Waals surface area contributed by atoms with Crippen LogP contribution in [-0.2, 0) is 5.41 Å². The highest BCUT2D eigenvalue weighted by Crippen LogP contribution is 2.64. The summed E-state index contributed by atoms with van der Waals surface area (Å²) in [6.07, 6.45) is 15.6. The first-order valence-electron chi connectivity index (χ1n) is 20.9. The van der Waals surface area contributed by atoms with E-state index in [0.29, 0.717) is 17.5 Å². The first-order chi connectivity index (χ1) is 30.7. The van der Waals surface area contributed by atoms with Crippen molar-refractivity contribution in [3.05, 3.63) is 223 Å². The summed E-state index contributed by atoms with van der Waals surface area (Å²) in [4.78, 5) is 31.9. The highest BCUT2D eigenvalue weighted by atomic mass is 32.2. The molecule has 0 fully saturated rings.